The first-order valence-corrected chi connectivity index (χ1v) is 5.81. The van der Waals surface area contributed by atoms with Crippen LogP contribution in [0.1, 0.15) is 11.5 Å². The van der Waals surface area contributed by atoms with E-state index >= 15 is 0 Å². The molecule has 0 saturated heterocycles. The fourth-order valence-corrected chi connectivity index (χ4v) is 2.74. The minimum absolute atomic E-state index is 0.649. The van der Waals surface area contributed by atoms with Crippen molar-refractivity contribution in [1.82, 2.24) is 0 Å². The van der Waals surface area contributed by atoms with Gasteiger partial charge in [0.25, 0.3) is 0 Å². The number of nitriles is 4. The minimum atomic E-state index is -1.57. The molecule has 2 rings (SSSR count). The van der Waals surface area contributed by atoms with Gasteiger partial charge in [0.05, 0.1) is 30.2 Å². The third-order valence-corrected chi connectivity index (χ3v) is 3.79. The fraction of sp³-hybridized carbons (Fsp3) is 0.231. The molecule has 18 heavy (non-hydrogen) atoms. The minimum Gasteiger partial charge on any atom is -0.196 e. The highest BCUT2D eigenvalue weighted by atomic mass is 79.9. The standard InChI is InChI=1S/C13H5BrN4/c14-10-3-1-2-9(4-10)11-12(5-15,6-16)13(11,7-17)8-18/h1-4,11H. The Labute approximate surface area is 112 Å². The van der Waals surface area contributed by atoms with Crippen molar-refractivity contribution in [2.45, 2.75) is 5.92 Å². The summed E-state index contributed by atoms with van der Waals surface area (Å²) in [7, 11) is 0. The van der Waals surface area contributed by atoms with Crippen LogP contribution >= 0.6 is 15.9 Å². The predicted octanol–water partition coefficient (Wildman–Crippen LogP) is 2.61. The number of benzene rings is 1. The van der Waals surface area contributed by atoms with E-state index in [4.69, 9.17) is 21.0 Å². The lowest BCUT2D eigenvalue weighted by atomic mass is 9.98. The molecule has 0 aromatic heterocycles. The summed E-state index contributed by atoms with van der Waals surface area (Å²) in [6.07, 6.45) is 0. The molecule has 1 aromatic carbocycles. The number of rotatable bonds is 1. The highest BCUT2D eigenvalue weighted by molar-refractivity contribution is 9.10. The Morgan fingerprint density at radius 1 is 0.944 bits per heavy atom. The Bertz CT molecular complexity index is 615. The molecule has 1 fully saturated rings. The van der Waals surface area contributed by atoms with Crippen molar-refractivity contribution in [3.8, 4) is 24.3 Å². The molecule has 84 valence electrons. The number of hydrogen-bond donors (Lipinski definition) is 0. The van der Waals surface area contributed by atoms with Crippen molar-refractivity contribution < 1.29 is 0 Å². The van der Waals surface area contributed by atoms with Crippen molar-refractivity contribution in [2.75, 3.05) is 0 Å². The number of nitrogens with zero attached hydrogens (tertiary/aromatic N) is 4. The molecule has 5 heteroatoms. The summed E-state index contributed by atoms with van der Waals surface area (Å²) in [5, 5.41) is 36.7. The van der Waals surface area contributed by atoms with E-state index in [1.54, 1.807) is 24.3 Å². The topological polar surface area (TPSA) is 95.2 Å². The van der Waals surface area contributed by atoms with Crippen LogP contribution in [0, 0.1) is 56.2 Å². The average Bonchev–Trinajstić information content (AvgIpc) is 3.01. The normalized spacial score (nSPS) is 18.7. The van der Waals surface area contributed by atoms with E-state index in [9.17, 15) is 0 Å². The molecule has 0 radical (unpaired) electrons. The highest BCUT2D eigenvalue weighted by Gasteiger charge is 2.81. The molecule has 0 spiro atoms. The molecule has 0 atom stereocenters. The first-order chi connectivity index (χ1) is 8.61. The van der Waals surface area contributed by atoms with E-state index in [1.165, 1.54) is 0 Å². The highest BCUT2D eigenvalue weighted by Crippen LogP contribution is 2.73. The molecule has 1 aromatic rings. The van der Waals surface area contributed by atoms with Crippen LogP contribution in [0.25, 0.3) is 0 Å². The summed E-state index contributed by atoms with van der Waals surface area (Å²) in [4.78, 5) is 0. The van der Waals surface area contributed by atoms with Crippen LogP contribution in [0.2, 0.25) is 0 Å². The van der Waals surface area contributed by atoms with E-state index < -0.39 is 16.7 Å². The monoisotopic (exact) mass is 296 g/mol. The molecular weight excluding hydrogens is 292 g/mol. The molecule has 0 N–H and O–H groups in total. The van der Waals surface area contributed by atoms with Gasteiger partial charge < -0.3 is 0 Å². The molecule has 4 nitrogen and oxygen atoms in total. The molecule has 1 saturated carbocycles. The van der Waals surface area contributed by atoms with E-state index in [1.807, 2.05) is 24.3 Å². The van der Waals surface area contributed by atoms with Crippen LogP contribution in [0.5, 0.6) is 0 Å². The van der Waals surface area contributed by atoms with Gasteiger partial charge in [0.15, 0.2) is 10.8 Å². The van der Waals surface area contributed by atoms with Gasteiger partial charge in [-0.1, -0.05) is 28.1 Å². The smallest absolute Gasteiger partial charge is 0.185 e. The second kappa shape index (κ2) is 3.85. The lowest BCUT2D eigenvalue weighted by Crippen LogP contribution is -2.05. The van der Waals surface area contributed by atoms with Crippen LogP contribution in [-0.4, -0.2) is 0 Å². The quantitative estimate of drug-likeness (QED) is 0.796. The number of hydrogen-bond acceptors (Lipinski definition) is 4. The van der Waals surface area contributed by atoms with Crippen LogP contribution < -0.4 is 0 Å². The average molecular weight is 297 g/mol. The molecule has 0 unspecified atom stereocenters. The Morgan fingerprint density at radius 2 is 1.44 bits per heavy atom. The maximum Gasteiger partial charge on any atom is 0.185 e. The van der Waals surface area contributed by atoms with Crippen molar-refractivity contribution in [2.24, 2.45) is 10.8 Å². The maximum absolute atomic E-state index is 9.17. The van der Waals surface area contributed by atoms with E-state index in [0.29, 0.717) is 5.56 Å². The SMILES string of the molecule is N#CC1(C#N)C(c2cccc(Br)c2)C1(C#N)C#N. The Hall–Kier alpha value is -2.34. The Morgan fingerprint density at radius 3 is 1.83 bits per heavy atom. The van der Waals surface area contributed by atoms with Gasteiger partial charge in [-0.25, -0.2) is 0 Å². The molecule has 0 aliphatic heterocycles. The van der Waals surface area contributed by atoms with Gasteiger partial charge in [-0.15, -0.1) is 0 Å². The van der Waals surface area contributed by atoms with Crippen molar-refractivity contribution in [1.29, 1.82) is 21.0 Å². The van der Waals surface area contributed by atoms with Gasteiger partial charge in [0.2, 0.25) is 0 Å². The summed E-state index contributed by atoms with van der Waals surface area (Å²) >= 11 is 3.29. The van der Waals surface area contributed by atoms with Crippen LogP contribution in [0.4, 0.5) is 0 Å². The third-order valence-electron chi connectivity index (χ3n) is 3.29. The largest absolute Gasteiger partial charge is 0.196 e. The lowest BCUT2D eigenvalue weighted by Gasteiger charge is -1.99. The first kappa shape index (κ1) is 12.1. The number of halogens is 1. The van der Waals surface area contributed by atoms with Gasteiger partial charge in [-0.2, -0.15) is 21.0 Å². The van der Waals surface area contributed by atoms with Crippen LogP contribution in [0.3, 0.4) is 0 Å². The van der Waals surface area contributed by atoms with Crippen LogP contribution in [0.15, 0.2) is 28.7 Å². The van der Waals surface area contributed by atoms with Gasteiger partial charge >= 0.3 is 0 Å². The summed E-state index contributed by atoms with van der Waals surface area (Å²) in [6.45, 7) is 0. The van der Waals surface area contributed by atoms with E-state index in [-0.39, 0.29) is 0 Å². The molecular formula is C13H5BrN4. The van der Waals surface area contributed by atoms with Gasteiger partial charge in [0.1, 0.15) is 0 Å². The van der Waals surface area contributed by atoms with E-state index in [0.717, 1.165) is 4.47 Å². The second-order valence-electron chi connectivity index (χ2n) is 4.05. The molecule has 0 bridgehead atoms. The zero-order valence-corrected chi connectivity index (χ0v) is 10.6. The van der Waals surface area contributed by atoms with Crippen molar-refractivity contribution >= 4 is 15.9 Å². The maximum atomic E-state index is 9.17. The van der Waals surface area contributed by atoms with Crippen LogP contribution in [-0.2, 0) is 0 Å². The Balaban J connectivity index is 2.62. The second-order valence-corrected chi connectivity index (χ2v) is 4.97. The molecule has 0 amide bonds. The van der Waals surface area contributed by atoms with Crippen molar-refractivity contribution in [3.05, 3.63) is 34.3 Å². The summed E-state index contributed by atoms with van der Waals surface area (Å²) in [6, 6.07) is 14.4. The Kier molecular flexibility index (Phi) is 2.59. The van der Waals surface area contributed by atoms with Gasteiger partial charge in [-0.3, -0.25) is 0 Å². The summed E-state index contributed by atoms with van der Waals surface area (Å²) in [5.74, 6) is -0.688. The lowest BCUT2D eigenvalue weighted by molar-refractivity contribution is 0.727. The van der Waals surface area contributed by atoms with Gasteiger partial charge in [-0.05, 0) is 17.7 Å². The molecule has 1 aliphatic carbocycles. The van der Waals surface area contributed by atoms with Gasteiger partial charge in [0, 0.05) is 4.47 Å². The summed E-state index contributed by atoms with van der Waals surface area (Å²) in [5.41, 5.74) is -2.50. The van der Waals surface area contributed by atoms with E-state index in [2.05, 4.69) is 15.9 Å². The predicted molar refractivity (Wildman–Crippen MR) is 64.2 cm³/mol. The zero-order chi connectivity index (χ0) is 13.4. The molecule has 1 aliphatic rings. The first-order valence-electron chi connectivity index (χ1n) is 5.02. The fourth-order valence-electron chi connectivity index (χ4n) is 2.32. The third kappa shape index (κ3) is 1.20. The molecule has 0 heterocycles. The van der Waals surface area contributed by atoms with Crippen molar-refractivity contribution in [3.63, 3.8) is 0 Å². The summed E-state index contributed by atoms with van der Waals surface area (Å²) < 4.78 is 0.779. The zero-order valence-electron chi connectivity index (χ0n) is 9.05.